The average Bonchev–Trinajstić information content (AvgIpc) is 2.91. The lowest BCUT2D eigenvalue weighted by Crippen LogP contribution is -2.54. The molecule has 1 heterocycles. The van der Waals surface area contributed by atoms with Gasteiger partial charge in [-0.1, -0.05) is 13.8 Å². The third-order valence-corrected chi connectivity index (χ3v) is 5.21. The Morgan fingerprint density at radius 2 is 2.15 bits per heavy atom. The van der Waals surface area contributed by atoms with Crippen LogP contribution in [0.5, 0.6) is 0 Å². The summed E-state index contributed by atoms with van der Waals surface area (Å²) in [6, 6.07) is 3.85. The largest absolute Gasteiger partial charge is 0.301 e. The highest BCUT2D eigenvalue weighted by Crippen LogP contribution is 2.33. The van der Waals surface area contributed by atoms with E-state index in [1.54, 1.807) is 0 Å². The van der Waals surface area contributed by atoms with E-state index in [-0.39, 0.29) is 5.54 Å². The fraction of sp³-hybridized carbons (Fsp3) is 0.938. The smallest absolute Gasteiger partial charge is 0.108 e. The van der Waals surface area contributed by atoms with Crippen LogP contribution >= 0.6 is 0 Å². The van der Waals surface area contributed by atoms with E-state index in [2.05, 4.69) is 42.1 Å². The monoisotopic (exact) mass is 278 g/mol. The quantitative estimate of drug-likeness (QED) is 0.833. The molecule has 1 aliphatic heterocycles. The molecule has 3 unspecified atom stereocenters. The van der Waals surface area contributed by atoms with Gasteiger partial charge in [-0.2, -0.15) is 5.26 Å². The first-order chi connectivity index (χ1) is 9.64. The zero-order chi connectivity index (χ0) is 14.6. The maximum Gasteiger partial charge on any atom is 0.108 e. The molecule has 1 aliphatic carbocycles. The molecule has 1 saturated heterocycles. The first kappa shape index (κ1) is 15.8. The molecule has 1 saturated carbocycles. The molecule has 0 aromatic carbocycles. The number of nitrogens with one attached hydrogen (secondary N) is 1. The first-order valence-electron chi connectivity index (χ1n) is 8.24. The molecule has 114 valence electrons. The first-order valence-corrected chi connectivity index (χ1v) is 8.24. The third-order valence-electron chi connectivity index (χ3n) is 5.21. The second-order valence-corrected chi connectivity index (χ2v) is 6.55. The summed E-state index contributed by atoms with van der Waals surface area (Å²) in [5.41, 5.74) is -0.258. The van der Waals surface area contributed by atoms with Gasteiger partial charge in [0.25, 0.3) is 0 Å². The summed E-state index contributed by atoms with van der Waals surface area (Å²) in [6.45, 7) is 8.90. The van der Waals surface area contributed by atoms with Crippen molar-refractivity contribution in [1.82, 2.24) is 15.1 Å². The van der Waals surface area contributed by atoms with Gasteiger partial charge in [-0.05, 0) is 45.7 Å². The van der Waals surface area contributed by atoms with E-state index in [1.807, 2.05) is 0 Å². The van der Waals surface area contributed by atoms with E-state index in [0.717, 1.165) is 38.9 Å². The van der Waals surface area contributed by atoms with E-state index in [0.29, 0.717) is 12.1 Å². The van der Waals surface area contributed by atoms with Gasteiger partial charge in [0, 0.05) is 31.7 Å². The maximum absolute atomic E-state index is 9.56. The molecule has 0 bridgehead atoms. The van der Waals surface area contributed by atoms with Gasteiger partial charge in [-0.15, -0.1) is 0 Å². The van der Waals surface area contributed by atoms with Gasteiger partial charge in [-0.3, -0.25) is 10.2 Å². The van der Waals surface area contributed by atoms with Crippen molar-refractivity contribution in [1.29, 1.82) is 5.26 Å². The van der Waals surface area contributed by atoms with E-state index in [9.17, 15) is 5.26 Å². The SMILES string of the molecule is CCCNC1(C#N)CCC(N2CCN(C)C(CC)C2)C1. The van der Waals surface area contributed by atoms with Crippen molar-refractivity contribution < 1.29 is 0 Å². The van der Waals surface area contributed by atoms with Gasteiger partial charge < -0.3 is 4.90 Å². The highest BCUT2D eigenvalue weighted by molar-refractivity contribution is 5.13. The summed E-state index contributed by atoms with van der Waals surface area (Å²) in [7, 11) is 2.24. The Morgan fingerprint density at radius 3 is 2.80 bits per heavy atom. The molecule has 4 nitrogen and oxygen atoms in total. The van der Waals surface area contributed by atoms with Crippen LogP contribution < -0.4 is 5.32 Å². The molecule has 2 fully saturated rings. The molecule has 0 aromatic heterocycles. The number of hydrogen-bond acceptors (Lipinski definition) is 4. The van der Waals surface area contributed by atoms with Crippen LogP contribution in [0, 0.1) is 11.3 Å². The summed E-state index contributed by atoms with van der Waals surface area (Å²) in [6.07, 6.45) is 5.50. The van der Waals surface area contributed by atoms with Crippen LogP contribution in [-0.2, 0) is 0 Å². The van der Waals surface area contributed by atoms with Crippen molar-refractivity contribution in [3.05, 3.63) is 0 Å². The second kappa shape index (κ2) is 6.89. The summed E-state index contributed by atoms with van der Waals surface area (Å²) in [4.78, 5) is 5.12. The summed E-state index contributed by atoms with van der Waals surface area (Å²) >= 11 is 0. The van der Waals surface area contributed by atoms with Crippen LogP contribution in [0.25, 0.3) is 0 Å². The standard InChI is InChI=1S/C16H30N4/c1-4-8-18-16(13-17)7-6-15(11-16)20-10-9-19(3)14(5-2)12-20/h14-15,18H,4-12H2,1-3H3. The Morgan fingerprint density at radius 1 is 1.35 bits per heavy atom. The molecule has 2 aliphatic rings. The lowest BCUT2D eigenvalue weighted by atomic mass is 9.98. The molecule has 1 N–H and O–H groups in total. The number of nitriles is 1. The van der Waals surface area contributed by atoms with Crippen LogP contribution in [0.4, 0.5) is 0 Å². The molecule has 0 aromatic rings. The number of piperazine rings is 1. The van der Waals surface area contributed by atoms with Gasteiger partial charge >= 0.3 is 0 Å². The van der Waals surface area contributed by atoms with E-state index < -0.39 is 0 Å². The van der Waals surface area contributed by atoms with Crippen molar-refractivity contribution in [2.75, 3.05) is 33.2 Å². The molecule has 20 heavy (non-hydrogen) atoms. The van der Waals surface area contributed by atoms with Crippen molar-refractivity contribution >= 4 is 0 Å². The van der Waals surface area contributed by atoms with Crippen molar-refractivity contribution in [3.63, 3.8) is 0 Å². The third kappa shape index (κ3) is 3.33. The Bertz CT molecular complexity index is 351. The number of hydrogen-bond donors (Lipinski definition) is 1. The highest BCUT2D eigenvalue weighted by Gasteiger charge is 2.42. The minimum absolute atomic E-state index is 0.258. The van der Waals surface area contributed by atoms with E-state index in [4.69, 9.17) is 0 Å². The van der Waals surface area contributed by atoms with Crippen molar-refractivity contribution in [3.8, 4) is 6.07 Å². The van der Waals surface area contributed by atoms with Gasteiger partial charge in [0.15, 0.2) is 0 Å². The molecular formula is C16H30N4. The predicted octanol–water partition coefficient (Wildman–Crippen LogP) is 1.83. The van der Waals surface area contributed by atoms with Crippen molar-refractivity contribution in [2.24, 2.45) is 0 Å². The fourth-order valence-electron chi connectivity index (χ4n) is 3.74. The van der Waals surface area contributed by atoms with Crippen molar-refractivity contribution in [2.45, 2.75) is 63.6 Å². The molecular weight excluding hydrogens is 248 g/mol. The number of likely N-dealkylation sites (N-methyl/N-ethyl adjacent to an activating group) is 1. The number of nitrogens with zero attached hydrogens (tertiary/aromatic N) is 3. The fourth-order valence-corrected chi connectivity index (χ4v) is 3.74. The summed E-state index contributed by atoms with van der Waals surface area (Å²) in [5.74, 6) is 0. The second-order valence-electron chi connectivity index (χ2n) is 6.55. The van der Waals surface area contributed by atoms with E-state index in [1.165, 1.54) is 19.4 Å². The minimum Gasteiger partial charge on any atom is -0.301 e. The predicted molar refractivity (Wildman–Crippen MR) is 82.6 cm³/mol. The molecule has 0 spiro atoms. The Labute approximate surface area is 124 Å². The van der Waals surface area contributed by atoms with Crippen LogP contribution in [0.2, 0.25) is 0 Å². The van der Waals surface area contributed by atoms with Crippen LogP contribution in [-0.4, -0.2) is 60.6 Å². The van der Waals surface area contributed by atoms with Gasteiger partial charge in [0.2, 0.25) is 0 Å². The lowest BCUT2D eigenvalue weighted by Gasteiger charge is -2.42. The Kier molecular flexibility index (Phi) is 5.42. The topological polar surface area (TPSA) is 42.3 Å². The van der Waals surface area contributed by atoms with Crippen LogP contribution in [0.15, 0.2) is 0 Å². The molecule has 4 heteroatoms. The number of rotatable bonds is 5. The van der Waals surface area contributed by atoms with Crippen LogP contribution in [0.1, 0.15) is 46.0 Å². The summed E-state index contributed by atoms with van der Waals surface area (Å²) < 4.78 is 0. The van der Waals surface area contributed by atoms with Gasteiger partial charge in [0.1, 0.15) is 5.54 Å². The van der Waals surface area contributed by atoms with E-state index >= 15 is 0 Å². The molecule has 0 radical (unpaired) electrons. The lowest BCUT2D eigenvalue weighted by molar-refractivity contribution is 0.0625. The maximum atomic E-state index is 9.56. The zero-order valence-electron chi connectivity index (χ0n) is 13.4. The zero-order valence-corrected chi connectivity index (χ0v) is 13.4. The normalized spacial score (nSPS) is 36.1. The minimum atomic E-state index is -0.258. The van der Waals surface area contributed by atoms with Gasteiger partial charge in [-0.25, -0.2) is 0 Å². The summed E-state index contributed by atoms with van der Waals surface area (Å²) in [5, 5.41) is 13.1. The van der Waals surface area contributed by atoms with Crippen LogP contribution in [0.3, 0.4) is 0 Å². The Balaban J connectivity index is 1.93. The molecule has 0 amide bonds. The highest BCUT2D eigenvalue weighted by atomic mass is 15.3. The van der Waals surface area contributed by atoms with Gasteiger partial charge in [0.05, 0.1) is 6.07 Å². The molecule has 2 rings (SSSR count). The molecule has 3 atom stereocenters. The Hall–Kier alpha value is -0.630. The average molecular weight is 278 g/mol.